The summed E-state index contributed by atoms with van der Waals surface area (Å²) in [7, 11) is 0. The van der Waals surface area contributed by atoms with Crippen LogP contribution in [0, 0.1) is 12.3 Å². The lowest BCUT2D eigenvalue weighted by molar-refractivity contribution is 0.144. The summed E-state index contributed by atoms with van der Waals surface area (Å²) in [5, 5.41) is 10.9. The van der Waals surface area contributed by atoms with E-state index in [1.54, 1.807) is 6.20 Å². The molecule has 0 aliphatic heterocycles. The fraction of sp³-hybridized carbons (Fsp3) is 0.188. The summed E-state index contributed by atoms with van der Waals surface area (Å²) in [5.74, 6) is 2.55. The average molecular weight is 235 g/mol. The lowest BCUT2D eigenvalue weighted by Gasteiger charge is -2.24. The standard InChI is InChI=1S/C16H13NO/c1-2-16(18)13-7-4-3-6-12(13)9-10-15-14(16)8-5-11-17-15/h1,3-8,11,18H,9-10H2. The topological polar surface area (TPSA) is 33.1 Å². The van der Waals surface area contributed by atoms with Gasteiger partial charge in [-0.05, 0) is 24.5 Å². The number of nitrogens with zero attached hydrogens (tertiary/aromatic N) is 1. The van der Waals surface area contributed by atoms with Crippen molar-refractivity contribution in [1.29, 1.82) is 0 Å². The molecule has 2 aromatic rings. The van der Waals surface area contributed by atoms with Crippen molar-refractivity contribution in [2.45, 2.75) is 18.4 Å². The molecule has 88 valence electrons. The first-order valence-corrected chi connectivity index (χ1v) is 5.98. The highest BCUT2D eigenvalue weighted by Gasteiger charge is 2.35. The zero-order valence-corrected chi connectivity index (χ0v) is 9.93. The van der Waals surface area contributed by atoms with Gasteiger partial charge in [-0.1, -0.05) is 36.3 Å². The molecule has 1 aromatic carbocycles. The van der Waals surface area contributed by atoms with E-state index >= 15 is 0 Å². The molecular formula is C16H13NO. The molecule has 1 unspecified atom stereocenters. The summed E-state index contributed by atoms with van der Waals surface area (Å²) in [4.78, 5) is 4.35. The maximum absolute atomic E-state index is 10.9. The number of terminal acetylenes is 1. The van der Waals surface area contributed by atoms with Crippen LogP contribution in [0.25, 0.3) is 0 Å². The Hall–Kier alpha value is -2.11. The SMILES string of the molecule is C#CC1(O)c2ccccc2CCc2ncccc21. The van der Waals surface area contributed by atoms with Gasteiger partial charge in [-0.25, -0.2) is 0 Å². The molecule has 2 nitrogen and oxygen atoms in total. The number of rotatable bonds is 0. The van der Waals surface area contributed by atoms with Crippen LogP contribution in [0.5, 0.6) is 0 Å². The third-order valence-corrected chi connectivity index (χ3v) is 3.53. The number of benzene rings is 1. The zero-order valence-electron chi connectivity index (χ0n) is 9.93. The Balaban J connectivity index is 2.33. The van der Waals surface area contributed by atoms with Gasteiger partial charge < -0.3 is 5.11 Å². The van der Waals surface area contributed by atoms with E-state index in [0.29, 0.717) is 0 Å². The Morgan fingerprint density at radius 3 is 2.72 bits per heavy atom. The number of hydrogen-bond donors (Lipinski definition) is 1. The Morgan fingerprint density at radius 1 is 1.11 bits per heavy atom. The van der Waals surface area contributed by atoms with Crippen molar-refractivity contribution in [3.8, 4) is 12.3 Å². The zero-order chi connectivity index (χ0) is 12.6. The molecule has 1 atom stereocenters. The highest BCUT2D eigenvalue weighted by Crippen LogP contribution is 2.36. The normalized spacial score (nSPS) is 21.3. The first-order valence-electron chi connectivity index (χ1n) is 5.98. The van der Waals surface area contributed by atoms with E-state index in [9.17, 15) is 5.11 Å². The van der Waals surface area contributed by atoms with Crippen molar-refractivity contribution in [1.82, 2.24) is 4.98 Å². The van der Waals surface area contributed by atoms with Crippen molar-refractivity contribution in [2.24, 2.45) is 0 Å². The number of pyridine rings is 1. The van der Waals surface area contributed by atoms with Crippen molar-refractivity contribution in [3.63, 3.8) is 0 Å². The van der Waals surface area contributed by atoms with E-state index in [2.05, 4.69) is 10.9 Å². The Labute approximate surface area is 106 Å². The number of fused-ring (bicyclic) bond motifs is 2. The molecule has 1 aromatic heterocycles. The maximum atomic E-state index is 10.9. The van der Waals surface area contributed by atoms with Crippen molar-refractivity contribution in [2.75, 3.05) is 0 Å². The Morgan fingerprint density at radius 2 is 1.89 bits per heavy atom. The molecule has 3 rings (SSSR count). The molecule has 0 bridgehead atoms. The summed E-state index contributed by atoms with van der Waals surface area (Å²) in [6.45, 7) is 0. The van der Waals surface area contributed by atoms with E-state index in [0.717, 1.165) is 35.2 Å². The second kappa shape index (κ2) is 3.97. The minimum Gasteiger partial charge on any atom is -0.369 e. The molecular weight excluding hydrogens is 222 g/mol. The van der Waals surface area contributed by atoms with Crippen LogP contribution in [-0.2, 0) is 18.4 Å². The van der Waals surface area contributed by atoms with Gasteiger partial charge in [0.1, 0.15) is 0 Å². The maximum Gasteiger partial charge on any atom is 0.178 e. The molecule has 0 fully saturated rings. The molecule has 0 saturated heterocycles. The van der Waals surface area contributed by atoms with Crippen LogP contribution >= 0.6 is 0 Å². The molecule has 0 amide bonds. The lowest BCUT2D eigenvalue weighted by Crippen LogP contribution is -2.26. The monoisotopic (exact) mass is 235 g/mol. The summed E-state index contributed by atoms with van der Waals surface area (Å²) in [5.41, 5.74) is 2.15. The minimum atomic E-state index is -1.36. The predicted molar refractivity (Wildman–Crippen MR) is 69.9 cm³/mol. The van der Waals surface area contributed by atoms with Crippen LogP contribution < -0.4 is 0 Å². The van der Waals surface area contributed by atoms with Gasteiger partial charge in [0.25, 0.3) is 0 Å². The largest absolute Gasteiger partial charge is 0.369 e. The Bertz CT molecular complexity index is 592. The van der Waals surface area contributed by atoms with Gasteiger partial charge in [-0.2, -0.15) is 0 Å². The van der Waals surface area contributed by atoms with Crippen molar-refractivity contribution >= 4 is 0 Å². The number of aromatic nitrogens is 1. The first-order chi connectivity index (χ1) is 8.75. The van der Waals surface area contributed by atoms with Gasteiger partial charge in [-0.15, -0.1) is 6.42 Å². The third kappa shape index (κ3) is 1.45. The second-order valence-corrected chi connectivity index (χ2v) is 4.51. The molecule has 1 aliphatic carbocycles. The predicted octanol–water partition coefficient (Wildman–Crippen LogP) is 2.05. The molecule has 1 heterocycles. The quantitative estimate of drug-likeness (QED) is 0.709. The van der Waals surface area contributed by atoms with Crippen LogP contribution in [0.4, 0.5) is 0 Å². The lowest BCUT2D eigenvalue weighted by atomic mass is 9.85. The van der Waals surface area contributed by atoms with Crippen molar-refractivity contribution in [3.05, 3.63) is 65.0 Å². The number of aliphatic hydroxyl groups is 1. The van der Waals surface area contributed by atoms with Gasteiger partial charge in [0.2, 0.25) is 0 Å². The highest BCUT2D eigenvalue weighted by molar-refractivity contribution is 5.50. The van der Waals surface area contributed by atoms with E-state index in [-0.39, 0.29) is 0 Å². The first kappa shape index (κ1) is 11.0. The van der Waals surface area contributed by atoms with Crippen LogP contribution in [0.2, 0.25) is 0 Å². The minimum absolute atomic E-state index is 0.734. The Kier molecular flexibility index (Phi) is 2.43. The van der Waals surface area contributed by atoms with Crippen LogP contribution in [0.3, 0.4) is 0 Å². The van der Waals surface area contributed by atoms with E-state index in [4.69, 9.17) is 6.42 Å². The van der Waals surface area contributed by atoms with Gasteiger partial charge in [0, 0.05) is 23.0 Å². The van der Waals surface area contributed by atoms with Gasteiger partial charge in [0.05, 0.1) is 0 Å². The van der Waals surface area contributed by atoms with Gasteiger partial charge in [0.15, 0.2) is 5.60 Å². The fourth-order valence-corrected chi connectivity index (χ4v) is 2.61. The summed E-state index contributed by atoms with van der Waals surface area (Å²) in [6, 6.07) is 11.5. The molecule has 0 spiro atoms. The molecule has 0 radical (unpaired) electrons. The summed E-state index contributed by atoms with van der Waals surface area (Å²) < 4.78 is 0. The van der Waals surface area contributed by atoms with Crippen LogP contribution in [0.1, 0.15) is 22.4 Å². The molecule has 18 heavy (non-hydrogen) atoms. The van der Waals surface area contributed by atoms with E-state index < -0.39 is 5.60 Å². The summed E-state index contributed by atoms with van der Waals surface area (Å²) in [6.07, 6.45) is 9.00. The third-order valence-electron chi connectivity index (χ3n) is 3.53. The summed E-state index contributed by atoms with van der Waals surface area (Å²) >= 11 is 0. The van der Waals surface area contributed by atoms with Crippen LogP contribution in [-0.4, -0.2) is 10.1 Å². The second-order valence-electron chi connectivity index (χ2n) is 4.51. The average Bonchev–Trinajstić information content (AvgIpc) is 2.56. The molecule has 2 heteroatoms. The fourth-order valence-electron chi connectivity index (χ4n) is 2.61. The molecule has 1 aliphatic rings. The smallest absolute Gasteiger partial charge is 0.178 e. The van der Waals surface area contributed by atoms with Gasteiger partial charge >= 0.3 is 0 Å². The van der Waals surface area contributed by atoms with Crippen molar-refractivity contribution < 1.29 is 5.11 Å². The molecule has 0 saturated carbocycles. The highest BCUT2D eigenvalue weighted by atomic mass is 16.3. The molecule has 1 N–H and O–H groups in total. The number of aryl methyl sites for hydroxylation is 2. The van der Waals surface area contributed by atoms with Crippen LogP contribution in [0.15, 0.2) is 42.6 Å². The number of hydrogen-bond acceptors (Lipinski definition) is 2. The van der Waals surface area contributed by atoms with E-state index in [1.165, 1.54) is 0 Å². The van der Waals surface area contributed by atoms with Gasteiger partial charge in [-0.3, -0.25) is 4.98 Å². The van der Waals surface area contributed by atoms with E-state index in [1.807, 2.05) is 36.4 Å².